The maximum absolute atomic E-state index is 11.3. The second kappa shape index (κ2) is 3.73. The van der Waals surface area contributed by atoms with Crippen molar-refractivity contribution in [2.75, 3.05) is 11.9 Å². The third-order valence-corrected chi connectivity index (χ3v) is 2.22. The van der Waals surface area contributed by atoms with Gasteiger partial charge in [-0.25, -0.2) is 0 Å². The fraction of sp³-hybridized carbons (Fsp3) is 0.273. The lowest BCUT2D eigenvalue weighted by Gasteiger charge is -2.17. The molecule has 1 N–H and O–H groups in total. The van der Waals surface area contributed by atoms with Crippen molar-refractivity contribution in [2.45, 2.75) is 13.3 Å². The van der Waals surface area contributed by atoms with E-state index in [4.69, 9.17) is 4.74 Å². The summed E-state index contributed by atoms with van der Waals surface area (Å²) < 4.78 is 5.36. The summed E-state index contributed by atoms with van der Waals surface area (Å²) in [6.07, 6.45) is -0.118. The highest BCUT2D eigenvalue weighted by atomic mass is 16.5. The van der Waals surface area contributed by atoms with Crippen LogP contribution in [0, 0.1) is 6.92 Å². The topological polar surface area (TPSA) is 55.4 Å². The highest BCUT2D eigenvalue weighted by Crippen LogP contribution is 2.29. The molecule has 0 saturated heterocycles. The number of rotatable bonds is 0. The van der Waals surface area contributed by atoms with Gasteiger partial charge in [0, 0.05) is 0 Å². The summed E-state index contributed by atoms with van der Waals surface area (Å²) in [4.78, 5) is 22.5. The number of carbonyl (C=O) groups excluding carboxylic acids is 2. The Hall–Kier alpha value is -1.84. The van der Waals surface area contributed by atoms with Crippen LogP contribution in [-0.4, -0.2) is 18.3 Å². The highest BCUT2D eigenvalue weighted by Gasteiger charge is 2.18. The van der Waals surface area contributed by atoms with Crippen molar-refractivity contribution < 1.29 is 14.3 Å². The van der Waals surface area contributed by atoms with Crippen molar-refractivity contribution in [3.8, 4) is 5.75 Å². The quantitative estimate of drug-likeness (QED) is 0.649. The van der Waals surface area contributed by atoms with E-state index >= 15 is 0 Å². The maximum Gasteiger partial charge on any atom is 0.232 e. The number of ketones is 1. The van der Waals surface area contributed by atoms with Gasteiger partial charge in [-0.2, -0.15) is 0 Å². The van der Waals surface area contributed by atoms with E-state index < -0.39 is 0 Å². The molecule has 0 unspecified atom stereocenters. The monoisotopic (exact) mass is 205 g/mol. The summed E-state index contributed by atoms with van der Waals surface area (Å²) in [5.41, 5.74) is 1.54. The Labute approximate surface area is 87.2 Å². The van der Waals surface area contributed by atoms with E-state index in [1.165, 1.54) is 0 Å². The Bertz CT molecular complexity index is 426. The van der Waals surface area contributed by atoms with Crippen molar-refractivity contribution >= 4 is 17.4 Å². The summed E-state index contributed by atoms with van der Waals surface area (Å²) in [5.74, 6) is 0.0930. The minimum atomic E-state index is -0.282. The van der Waals surface area contributed by atoms with Crippen LogP contribution in [0.5, 0.6) is 5.75 Å². The molecule has 0 spiro atoms. The van der Waals surface area contributed by atoms with Crippen molar-refractivity contribution in [2.24, 2.45) is 0 Å². The molecule has 0 aliphatic carbocycles. The molecule has 1 amide bonds. The number of aryl methyl sites for hydroxylation is 1. The zero-order valence-corrected chi connectivity index (χ0v) is 8.37. The van der Waals surface area contributed by atoms with Crippen LogP contribution in [0.1, 0.15) is 12.0 Å². The van der Waals surface area contributed by atoms with E-state index in [0.29, 0.717) is 11.4 Å². The smallest absolute Gasteiger partial charge is 0.232 e. The van der Waals surface area contributed by atoms with E-state index in [-0.39, 0.29) is 24.7 Å². The first-order valence-corrected chi connectivity index (χ1v) is 4.71. The number of ether oxygens (including phenoxy) is 1. The van der Waals surface area contributed by atoms with Crippen molar-refractivity contribution in [1.82, 2.24) is 0 Å². The van der Waals surface area contributed by atoms with Gasteiger partial charge >= 0.3 is 0 Å². The number of fused-ring (bicyclic) bond motifs is 1. The van der Waals surface area contributed by atoms with E-state index in [2.05, 4.69) is 5.32 Å². The molecule has 0 atom stereocenters. The van der Waals surface area contributed by atoms with E-state index in [1.54, 1.807) is 6.07 Å². The fourth-order valence-corrected chi connectivity index (χ4v) is 1.52. The number of carbonyl (C=O) groups is 2. The predicted octanol–water partition coefficient (Wildman–Crippen LogP) is 1.29. The zero-order valence-electron chi connectivity index (χ0n) is 8.37. The van der Waals surface area contributed by atoms with E-state index in [9.17, 15) is 9.59 Å². The molecular formula is C11H11NO3. The second-order valence-corrected chi connectivity index (χ2v) is 3.50. The Balaban J connectivity index is 2.41. The molecule has 0 bridgehead atoms. The van der Waals surface area contributed by atoms with Gasteiger partial charge < -0.3 is 10.1 Å². The van der Waals surface area contributed by atoms with Gasteiger partial charge in [-0.1, -0.05) is 12.1 Å². The van der Waals surface area contributed by atoms with Crippen molar-refractivity contribution in [3.05, 3.63) is 23.8 Å². The number of para-hydroxylation sites is 1. The molecule has 0 saturated carbocycles. The third kappa shape index (κ3) is 1.98. The molecule has 1 aliphatic rings. The van der Waals surface area contributed by atoms with Gasteiger partial charge in [0.2, 0.25) is 5.91 Å². The van der Waals surface area contributed by atoms with Gasteiger partial charge in [-0.3, -0.25) is 9.59 Å². The standard InChI is InChI=1S/C11H11NO3/c1-7-3-2-4-9-11(7)15-6-8(13)5-10(14)12-9/h2-4H,5-6H2,1H3,(H,12,14). The van der Waals surface area contributed by atoms with Crippen LogP contribution in [0.3, 0.4) is 0 Å². The highest BCUT2D eigenvalue weighted by molar-refractivity contribution is 6.06. The first kappa shape index (κ1) is 9.71. The number of benzene rings is 1. The molecule has 0 aromatic heterocycles. The molecule has 4 nitrogen and oxygen atoms in total. The van der Waals surface area contributed by atoms with Crippen LogP contribution in [-0.2, 0) is 9.59 Å². The first-order valence-electron chi connectivity index (χ1n) is 4.71. The molecule has 1 aromatic rings. The maximum atomic E-state index is 11.3. The SMILES string of the molecule is Cc1cccc2c1OCC(=O)CC(=O)N2. The summed E-state index contributed by atoms with van der Waals surface area (Å²) in [7, 11) is 0. The predicted molar refractivity (Wildman–Crippen MR) is 54.9 cm³/mol. The van der Waals surface area contributed by atoms with E-state index in [1.807, 2.05) is 19.1 Å². The lowest BCUT2D eigenvalue weighted by Crippen LogP contribution is -2.24. The largest absolute Gasteiger partial charge is 0.483 e. The molecule has 78 valence electrons. The summed E-state index contributed by atoms with van der Waals surface area (Å²) in [6.45, 7) is 1.84. The lowest BCUT2D eigenvalue weighted by atomic mass is 10.1. The molecule has 0 radical (unpaired) electrons. The first-order chi connectivity index (χ1) is 7.16. The molecule has 15 heavy (non-hydrogen) atoms. The van der Waals surface area contributed by atoms with Crippen molar-refractivity contribution in [3.63, 3.8) is 0 Å². The van der Waals surface area contributed by atoms with E-state index in [0.717, 1.165) is 5.56 Å². The van der Waals surface area contributed by atoms with Crippen LogP contribution < -0.4 is 10.1 Å². The average Bonchev–Trinajstić information content (AvgIpc) is 2.14. The molecule has 4 heteroatoms. The Morgan fingerprint density at radius 1 is 1.33 bits per heavy atom. The van der Waals surface area contributed by atoms with Crippen LogP contribution >= 0.6 is 0 Å². The second-order valence-electron chi connectivity index (χ2n) is 3.50. The number of amides is 1. The van der Waals surface area contributed by atoms with Crippen LogP contribution in [0.15, 0.2) is 18.2 Å². The minimum Gasteiger partial charge on any atom is -0.483 e. The number of anilines is 1. The molecule has 1 aromatic carbocycles. The molecule has 1 heterocycles. The Kier molecular flexibility index (Phi) is 2.41. The summed E-state index contributed by atoms with van der Waals surface area (Å²) in [5, 5.41) is 2.65. The number of hydrogen-bond donors (Lipinski definition) is 1. The van der Waals surface area contributed by atoms with Gasteiger partial charge in [-0.05, 0) is 18.6 Å². The molecular weight excluding hydrogens is 194 g/mol. The van der Waals surface area contributed by atoms with Gasteiger partial charge in [0.15, 0.2) is 5.78 Å². The Morgan fingerprint density at radius 2 is 2.13 bits per heavy atom. The number of nitrogens with one attached hydrogen (secondary N) is 1. The summed E-state index contributed by atoms with van der Waals surface area (Å²) in [6, 6.07) is 5.47. The van der Waals surface area contributed by atoms with Gasteiger partial charge in [-0.15, -0.1) is 0 Å². The molecule has 0 fully saturated rings. The normalized spacial score (nSPS) is 15.8. The Morgan fingerprint density at radius 3 is 2.93 bits per heavy atom. The third-order valence-electron chi connectivity index (χ3n) is 2.22. The molecule has 2 rings (SSSR count). The molecule has 1 aliphatic heterocycles. The zero-order chi connectivity index (χ0) is 10.8. The van der Waals surface area contributed by atoms with Gasteiger partial charge in [0.1, 0.15) is 12.4 Å². The summed E-state index contributed by atoms with van der Waals surface area (Å²) >= 11 is 0. The van der Waals surface area contributed by atoms with Crippen molar-refractivity contribution in [1.29, 1.82) is 0 Å². The average molecular weight is 205 g/mol. The van der Waals surface area contributed by atoms with Gasteiger partial charge in [0.05, 0.1) is 12.1 Å². The fourth-order valence-electron chi connectivity index (χ4n) is 1.52. The minimum absolute atomic E-state index is 0.0364. The number of Topliss-reactive ketones (excluding diaryl/α,β-unsaturated/α-hetero) is 1. The van der Waals surface area contributed by atoms with Gasteiger partial charge in [0.25, 0.3) is 0 Å². The van der Waals surface area contributed by atoms with Crippen LogP contribution in [0.2, 0.25) is 0 Å². The number of hydrogen-bond acceptors (Lipinski definition) is 3. The lowest BCUT2D eigenvalue weighted by molar-refractivity contribution is -0.127. The van der Waals surface area contributed by atoms with Crippen LogP contribution in [0.25, 0.3) is 0 Å². The van der Waals surface area contributed by atoms with Crippen LogP contribution in [0.4, 0.5) is 5.69 Å².